The predicted molar refractivity (Wildman–Crippen MR) is 116 cm³/mol. The van der Waals surface area contributed by atoms with E-state index < -0.39 is 0 Å². The van der Waals surface area contributed by atoms with E-state index in [1.54, 1.807) is 45.6 Å². The first-order chi connectivity index (χ1) is 14.4. The third-order valence-corrected chi connectivity index (χ3v) is 5.27. The van der Waals surface area contributed by atoms with Crippen LogP contribution >= 0.6 is 11.6 Å². The van der Waals surface area contributed by atoms with Crippen molar-refractivity contribution in [2.24, 2.45) is 0 Å². The molecule has 152 valence electrons. The third kappa shape index (κ3) is 3.97. The van der Waals surface area contributed by atoms with E-state index >= 15 is 0 Å². The number of nitrogens with one attached hydrogen (secondary N) is 1. The van der Waals surface area contributed by atoms with E-state index in [1.807, 2.05) is 32.0 Å². The summed E-state index contributed by atoms with van der Waals surface area (Å²) in [4.78, 5) is 25.1. The van der Waals surface area contributed by atoms with Gasteiger partial charge in [0.1, 0.15) is 5.82 Å². The summed E-state index contributed by atoms with van der Waals surface area (Å²) in [5.74, 6) is 0.401. The minimum Gasteiger partial charge on any atom is -0.326 e. The molecular weight excluding hydrogens is 402 g/mol. The number of fused-ring (bicyclic) bond motifs is 1. The van der Waals surface area contributed by atoms with E-state index in [-0.39, 0.29) is 23.5 Å². The van der Waals surface area contributed by atoms with Gasteiger partial charge in [-0.05, 0) is 61.4 Å². The maximum atomic E-state index is 12.9. The number of nitrogens with zero attached hydrogens (tertiary/aromatic N) is 4. The average molecular weight is 422 g/mol. The standard InChI is InChI=1S/C22H20ClN5O2/c1-14-3-8-18(13-15(14)2)27-11-12-28-19(25-26-21(28)22(27)30)9-10-20(29)24-17-6-4-16(23)5-7-17/h3-8,11-13H,9-10H2,1-2H3,(H,24,29). The van der Waals surface area contributed by atoms with E-state index in [9.17, 15) is 9.59 Å². The van der Waals surface area contributed by atoms with Crippen molar-refractivity contribution in [3.8, 4) is 5.69 Å². The first kappa shape index (κ1) is 19.8. The highest BCUT2D eigenvalue weighted by molar-refractivity contribution is 6.30. The topological polar surface area (TPSA) is 81.3 Å². The summed E-state index contributed by atoms with van der Waals surface area (Å²) in [5.41, 5.74) is 3.68. The summed E-state index contributed by atoms with van der Waals surface area (Å²) in [6.45, 7) is 4.03. The maximum Gasteiger partial charge on any atom is 0.300 e. The molecule has 4 rings (SSSR count). The van der Waals surface area contributed by atoms with Gasteiger partial charge in [-0.15, -0.1) is 10.2 Å². The van der Waals surface area contributed by atoms with Crippen molar-refractivity contribution in [1.82, 2.24) is 19.2 Å². The van der Waals surface area contributed by atoms with Crippen LogP contribution in [-0.4, -0.2) is 25.1 Å². The Labute approximate surface area is 178 Å². The van der Waals surface area contributed by atoms with Crippen LogP contribution in [0.1, 0.15) is 23.4 Å². The molecule has 2 heterocycles. The van der Waals surface area contributed by atoms with Gasteiger partial charge in [0.05, 0.1) is 0 Å². The van der Waals surface area contributed by atoms with Crippen LogP contribution < -0.4 is 10.9 Å². The number of halogens is 1. The predicted octanol–water partition coefficient (Wildman–Crippen LogP) is 3.72. The molecule has 0 aliphatic carbocycles. The lowest BCUT2D eigenvalue weighted by molar-refractivity contribution is -0.116. The molecule has 0 unspecified atom stereocenters. The number of rotatable bonds is 5. The van der Waals surface area contributed by atoms with E-state index in [2.05, 4.69) is 15.5 Å². The molecule has 8 heteroatoms. The molecule has 0 saturated carbocycles. The van der Waals surface area contributed by atoms with Crippen molar-refractivity contribution < 1.29 is 4.79 Å². The van der Waals surface area contributed by atoms with Gasteiger partial charge in [-0.2, -0.15) is 0 Å². The Morgan fingerprint density at radius 2 is 1.80 bits per heavy atom. The van der Waals surface area contributed by atoms with Crippen LogP contribution in [0.5, 0.6) is 0 Å². The number of hydrogen-bond donors (Lipinski definition) is 1. The van der Waals surface area contributed by atoms with Crippen LogP contribution in [0.15, 0.2) is 59.7 Å². The molecule has 2 aromatic carbocycles. The highest BCUT2D eigenvalue weighted by Crippen LogP contribution is 2.15. The summed E-state index contributed by atoms with van der Waals surface area (Å²) in [5, 5.41) is 11.6. The lowest BCUT2D eigenvalue weighted by Crippen LogP contribution is -2.20. The Morgan fingerprint density at radius 3 is 2.53 bits per heavy atom. The van der Waals surface area contributed by atoms with Crippen LogP contribution in [0, 0.1) is 13.8 Å². The molecule has 0 fully saturated rings. The van der Waals surface area contributed by atoms with Gasteiger partial charge in [0.15, 0.2) is 0 Å². The quantitative estimate of drug-likeness (QED) is 0.532. The number of benzene rings is 2. The summed E-state index contributed by atoms with van der Waals surface area (Å²) in [6, 6.07) is 12.7. The van der Waals surface area contributed by atoms with Crippen molar-refractivity contribution in [2.45, 2.75) is 26.7 Å². The molecule has 0 atom stereocenters. The Hall–Kier alpha value is -3.45. The van der Waals surface area contributed by atoms with Crippen molar-refractivity contribution in [1.29, 1.82) is 0 Å². The molecule has 7 nitrogen and oxygen atoms in total. The van der Waals surface area contributed by atoms with Crippen LogP contribution in [0.4, 0.5) is 5.69 Å². The molecule has 0 aliphatic rings. The first-order valence-electron chi connectivity index (χ1n) is 9.51. The van der Waals surface area contributed by atoms with E-state index in [1.165, 1.54) is 0 Å². The second-order valence-electron chi connectivity index (χ2n) is 7.11. The molecule has 2 aromatic heterocycles. The van der Waals surface area contributed by atoms with Crippen molar-refractivity contribution in [3.05, 3.63) is 87.2 Å². The van der Waals surface area contributed by atoms with Crippen LogP contribution in [0.3, 0.4) is 0 Å². The normalized spacial score (nSPS) is 11.0. The first-order valence-corrected chi connectivity index (χ1v) is 9.88. The molecule has 0 spiro atoms. The van der Waals surface area contributed by atoms with E-state index in [0.29, 0.717) is 23.0 Å². The van der Waals surface area contributed by atoms with Gasteiger partial charge < -0.3 is 5.32 Å². The molecule has 1 N–H and O–H groups in total. The van der Waals surface area contributed by atoms with Gasteiger partial charge >= 0.3 is 5.56 Å². The maximum absolute atomic E-state index is 12.9. The zero-order chi connectivity index (χ0) is 21.3. The molecule has 0 radical (unpaired) electrons. The fourth-order valence-corrected chi connectivity index (χ4v) is 3.29. The monoisotopic (exact) mass is 421 g/mol. The SMILES string of the molecule is Cc1ccc(-n2ccn3c(CCC(=O)Nc4ccc(Cl)cc4)nnc3c2=O)cc1C. The number of amides is 1. The van der Waals surface area contributed by atoms with E-state index in [0.717, 1.165) is 16.8 Å². The summed E-state index contributed by atoms with van der Waals surface area (Å²) < 4.78 is 3.18. The second kappa shape index (κ2) is 8.12. The Bertz CT molecular complexity index is 1290. The zero-order valence-electron chi connectivity index (χ0n) is 16.6. The fraction of sp³-hybridized carbons (Fsp3) is 0.182. The van der Waals surface area contributed by atoms with Crippen LogP contribution in [0.2, 0.25) is 5.02 Å². The summed E-state index contributed by atoms with van der Waals surface area (Å²) >= 11 is 5.85. The molecule has 0 aliphatic heterocycles. The number of hydrogen-bond acceptors (Lipinski definition) is 4. The van der Waals surface area contributed by atoms with Gasteiger partial charge in [-0.25, -0.2) is 0 Å². The lowest BCUT2D eigenvalue weighted by Gasteiger charge is -2.09. The highest BCUT2D eigenvalue weighted by Gasteiger charge is 2.13. The average Bonchev–Trinajstić information content (AvgIpc) is 3.15. The number of aromatic nitrogens is 4. The Balaban J connectivity index is 1.52. The molecule has 4 aromatic rings. The zero-order valence-corrected chi connectivity index (χ0v) is 17.3. The van der Waals surface area contributed by atoms with Gasteiger partial charge in [-0.1, -0.05) is 17.7 Å². The van der Waals surface area contributed by atoms with Gasteiger partial charge in [-0.3, -0.25) is 18.6 Å². The minimum absolute atomic E-state index is 0.155. The second-order valence-corrected chi connectivity index (χ2v) is 7.54. The van der Waals surface area contributed by atoms with Crippen LogP contribution in [0.25, 0.3) is 11.3 Å². The summed E-state index contributed by atoms with van der Waals surface area (Å²) in [6.07, 6.45) is 4.01. The fourth-order valence-electron chi connectivity index (χ4n) is 3.17. The van der Waals surface area contributed by atoms with Crippen molar-refractivity contribution in [3.63, 3.8) is 0 Å². The number of carbonyl (C=O) groups is 1. The smallest absolute Gasteiger partial charge is 0.300 e. The lowest BCUT2D eigenvalue weighted by atomic mass is 10.1. The summed E-state index contributed by atoms with van der Waals surface area (Å²) in [7, 11) is 0. The van der Waals surface area contributed by atoms with Crippen LogP contribution in [-0.2, 0) is 11.2 Å². The van der Waals surface area contributed by atoms with Gasteiger partial charge in [0.25, 0.3) is 0 Å². The molecular formula is C22H20ClN5O2. The van der Waals surface area contributed by atoms with Gasteiger partial charge in [0, 0.05) is 41.6 Å². The van der Waals surface area contributed by atoms with Gasteiger partial charge in [0.2, 0.25) is 11.6 Å². The number of anilines is 1. The van der Waals surface area contributed by atoms with Crippen molar-refractivity contribution in [2.75, 3.05) is 5.32 Å². The minimum atomic E-state index is -0.259. The third-order valence-electron chi connectivity index (χ3n) is 5.01. The molecule has 0 bridgehead atoms. The number of carbonyl (C=O) groups excluding carboxylic acids is 1. The largest absolute Gasteiger partial charge is 0.326 e. The Kier molecular flexibility index (Phi) is 5.37. The Morgan fingerprint density at radius 1 is 1.03 bits per heavy atom. The highest BCUT2D eigenvalue weighted by atomic mass is 35.5. The van der Waals surface area contributed by atoms with E-state index in [4.69, 9.17) is 11.6 Å². The molecule has 0 saturated heterocycles. The number of aryl methyl sites for hydroxylation is 3. The molecule has 30 heavy (non-hydrogen) atoms. The molecule has 1 amide bonds. The van der Waals surface area contributed by atoms with Crippen molar-refractivity contribution >= 4 is 28.8 Å².